The van der Waals surface area contributed by atoms with Crippen LogP contribution in [0.1, 0.15) is 0 Å². The van der Waals surface area contributed by atoms with Crippen LogP contribution in [0, 0.1) is 0 Å². The molecule has 2 N–H and O–H groups in total. The number of aliphatic hydroxyl groups is 1. The maximum absolute atomic E-state index is 11.8. The summed E-state index contributed by atoms with van der Waals surface area (Å²) in [5.41, 5.74) is -0.374. The minimum Gasteiger partial charge on any atom is -0.478 e. The van der Waals surface area contributed by atoms with Gasteiger partial charge in [-0.25, -0.2) is 0 Å². The van der Waals surface area contributed by atoms with Gasteiger partial charge in [0, 0.05) is 26.4 Å². The number of hydrogen-bond donors (Lipinski definition) is 2. The average molecular weight is 270 g/mol. The Hall–Kier alpha value is -1.86. The van der Waals surface area contributed by atoms with Gasteiger partial charge < -0.3 is 24.5 Å². The third kappa shape index (κ3) is 5.11. The van der Waals surface area contributed by atoms with Crippen LogP contribution in [-0.2, 0) is 16.1 Å². The predicted octanol–water partition coefficient (Wildman–Crippen LogP) is -1.02. The summed E-state index contributed by atoms with van der Waals surface area (Å²) < 4.78 is 11.3. The Balaban J connectivity index is 2.51. The van der Waals surface area contributed by atoms with Crippen LogP contribution in [0.3, 0.4) is 0 Å². The summed E-state index contributed by atoms with van der Waals surface area (Å²) in [6.07, 6.45) is 1.55. The van der Waals surface area contributed by atoms with Crippen molar-refractivity contribution in [1.29, 1.82) is 0 Å². The van der Waals surface area contributed by atoms with E-state index in [1.807, 2.05) is 0 Å². The number of amides is 1. The van der Waals surface area contributed by atoms with Gasteiger partial charge in [-0.2, -0.15) is 0 Å². The standard InChI is InChI=1S/C12H18N2O5/c1-18-8-4-13-11(16)9-19-10-3-2-5-14(6-7-15)12(10)17/h2-3,5,15H,4,6-9H2,1H3,(H,13,16). The topological polar surface area (TPSA) is 89.8 Å². The van der Waals surface area contributed by atoms with E-state index in [2.05, 4.69) is 5.32 Å². The first-order valence-electron chi connectivity index (χ1n) is 5.87. The van der Waals surface area contributed by atoms with Crippen molar-refractivity contribution in [3.63, 3.8) is 0 Å². The summed E-state index contributed by atoms with van der Waals surface area (Å²) in [5.74, 6) is -0.244. The zero-order valence-electron chi connectivity index (χ0n) is 10.8. The van der Waals surface area contributed by atoms with Crippen LogP contribution in [-0.4, -0.2) is 49.1 Å². The molecule has 0 saturated heterocycles. The van der Waals surface area contributed by atoms with Crippen molar-refractivity contribution >= 4 is 5.91 Å². The normalized spacial score (nSPS) is 10.2. The van der Waals surface area contributed by atoms with E-state index in [-0.39, 0.29) is 37.0 Å². The van der Waals surface area contributed by atoms with Crippen molar-refractivity contribution in [2.45, 2.75) is 6.54 Å². The Morgan fingerprint density at radius 1 is 1.53 bits per heavy atom. The lowest BCUT2D eigenvalue weighted by atomic mass is 10.4. The smallest absolute Gasteiger partial charge is 0.292 e. The van der Waals surface area contributed by atoms with Crippen LogP contribution in [0.25, 0.3) is 0 Å². The molecule has 19 heavy (non-hydrogen) atoms. The van der Waals surface area contributed by atoms with E-state index in [9.17, 15) is 9.59 Å². The molecule has 0 unspecified atom stereocenters. The second-order valence-corrected chi connectivity index (χ2v) is 3.73. The van der Waals surface area contributed by atoms with Gasteiger partial charge in [-0.1, -0.05) is 0 Å². The summed E-state index contributed by atoms with van der Waals surface area (Å²) >= 11 is 0. The summed E-state index contributed by atoms with van der Waals surface area (Å²) in [4.78, 5) is 23.2. The van der Waals surface area contributed by atoms with Gasteiger partial charge in [0.25, 0.3) is 11.5 Å². The number of aliphatic hydroxyl groups excluding tert-OH is 1. The SMILES string of the molecule is COCCNC(=O)COc1cccn(CCO)c1=O. The molecule has 1 heterocycles. The molecule has 0 aromatic carbocycles. The van der Waals surface area contributed by atoms with E-state index in [0.29, 0.717) is 13.2 Å². The zero-order valence-corrected chi connectivity index (χ0v) is 10.8. The quantitative estimate of drug-likeness (QED) is 0.590. The van der Waals surface area contributed by atoms with Crippen LogP contribution < -0.4 is 15.6 Å². The highest BCUT2D eigenvalue weighted by atomic mass is 16.5. The number of aromatic nitrogens is 1. The Bertz CT molecular complexity index is 458. The van der Waals surface area contributed by atoms with Gasteiger partial charge >= 0.3 is 0 Å². The fraction of sp³-hybridized carbons (Fsp3) is 0.500. The van der Waals surface area contributed by atoms with E-state index >= 15 is 0 Å². The first-order valence-corrected chi connectivity index (χ1v) is 5.87. The highest BCUT2D eigenvalue weighted by Gasteiger charge is 2.06. The summed E-state index contributed by atoms with van der Waals surface area (Å²) in [7, 11) is 1.54. The zero-order chi connectivity index (χ0) is 14.1. The number of nitrogens with zero attached hydrogens (tertiary/aromatic N) is 1. The molecule has 0 aliphatic carbocycles. The minimum atomic E-state index is -0.374. The number of rotatable bonds is 8. The van der Waals surface area contributed by atoms with Crippen LogP contribution in [0.15, 0.2) is 23.1 Å². The van der Waals surface area contributed by atoms with Crippen molar-refractivity contribution in [1.82, 2.24) is 9.88 Å². The molecule has 0 spiro atoms. The van der Waals surface area contributed by atoms with Gasteiger partial charge in [0.05, 0.1) is 13.2 Å². The monoisotopic (exact) mass is 270 g/mol. The van der Waals surface area contributed by atoms with Crippen LogP contribution in [0.4, 0.5) is 0 Å². The van der Waals surface area contributed by atoms with Crippen molar-refractivity contribution in [3.05, 3.63) is 28.7 Å². The van der Waals surface area contributed by atoms with E-state index in [1.165, 1.54) is 17.7 Å². The molecule has 0 saturated carbocycles. The lowest BCUT2D eigenvalue weighted by Crippen LogP contribution is -2.32. The van der Waals surface area contributed by atoms with E-state index in [0.717, 1.165) is 0 Å². The van der Waals surface area contributed by atoms with E-state index in [4.69, 9.17) is 14.6 Å². The number of nitrogens with one attached hydrogen (secondary N) is 1. The fourth-order valence-electron chi connectivity index (χ4n) is 1.40. The molecule has 0 fully saturated rings. The molecular formula is C12H18N2O5. The minimum absolute atomic E-state index is 0.0813. The third-order valence-electron chi connectivity index (χ3n) is 2.31. The molecule has 1 aromatic rings. The van der Waals surface area contributed by atoms with Crippen molar-refractivity contribution in [2.75, 3.05) is 33.5 Å². The van der Waals surface area contributed by atoms with Crippen molar-refractivity contribution < 1.29 is 19.4 Å². The lowest BCUT2D eigenvalue weighted by Gasteiger charge is -2.08. The second kappa shape index (κ2) is 8.28. The second-order valence-electron chi connectivity index (χ2n) is 3.73. The van der Waals surface area contributed by atoms with Gasteiger partial charge in [0.2, 0.25) is 0 Å². The fourth-order valence-corrected chi connectivity index (χ4v) is 1.40. The summed E-state index contributed by atoms with van der Waals surface area (Å²) in [6, 6.07) is 3.11. The maximum Gasteiger partial charge on any atom is 0.292 e. The van der Waals surface area contributed by atoms with Crippen LogP contribution >= 0.6 is 0 Å². The first-order chi connectivity index (χ1) is 9.19. The number of hydrogen-bond acceptors (Lipinski definition) is 5. The molecule has 0 atom stereocenters. The molecule has 7 nitrogen and oxygen atoms in total. The molecule has 0 aliphatic rings. The van der Waals surface area contributed by atoms with Gasteiger partial charge in [0.1, 0.15) is 0 Å². The number of pyridine rings is 1. The van der Waals surface area contributed by atoms with Crippen molar-refractivity contribution in [2.24, 2.45) is 0 Å². The average Bonchev–Trinajstić information content (AvgIpc) is 2.40. The van der Waals surface area contributed by atoms with Gasteiger partial charge in [-0.15, -0.1) is 0 Å². The van der Waals surface area contributed by atoms with Crippen LogP contribution in [0.2, 0.25) is 0 Å². The van der Waals surface area contributed by atoms with Crippen molar-refractivity contribution in [3.8, 4) is 5.75 Å². The van der Waals surface area contributed by atoms with E-state index < -0.39 is 0 Å². The van der Waals surface area contributed by atoms with E-state index in [1.54, 1.807) is 12.3 Å². The molecule has 7 heteroatoms. The molecule has 1 amide bonds. The number of ether oxygens (including phenoxy) is 2. The largest absolute Gasteiger partial charge is 0.478 e. The maximum atomic E-state index is 11.8. The number of carbonyl (C=O) groups is 1. The first kappa shape index (κ1) is 15.2. The van der Waals surface area contributed by atoms with Gasteiger partial charge in [-0.05, 0) is 12.1 Å². The molecular weight excluding hydrogens is 252 g/mol. The predicted molar refractivity (Wildman–Crippen MR) is 68.2 cm³/mol. The Kier molecular flexibility index (Phi) is 6.62. The highest BCUT2D eigenvalue weighted by Crippen LogP contribution is 2.01. The Morgan fingerprint density at radius 2 is 2.32 bits per heavy atom. The highest BCUT2D eigenvalue weighted by molar-refractivity contribution is 5.77. The van der Waals surface area contributed by atoms with Gasteiger partial charge in [-0.3, -0.25) is 9.59 Å². The molecule has 1 aromatic heterocycles. The third-order valence-corrected chi connectivity index (χ3v) is 2.31. The van der Waals surface area contributed by atoms with Crippen LogP contribution in [0.5, 0.6) is 5.75 Å². The lowest BCUT2D eigenvalue weighted by molar-refractivity contribution is -0.123. The molecule has 0 radical (unpaired) electrons. The Labute approximate surface area is 110 Å². The molecule has 0 aliphatic heterocycles. The number of carbonyl (C=O) groups excluding carboxylic acids is 1. The molecule has 106 valence electrons. The summed E-state index contributed by atoms with van der Waals surface area (Å²) in [6.45, 7) is 0.627. The Morgan fingerprint density at radius 3 is 3.00 bits per heavy atom. The summed E-state index contributed by atoms with van der Waals surface area (Å²) in [5, 5.41) is 11.4. The molecule has 1 rings (SSSR count). The van der Waals surface area contributed by atoms with Gasteiger partial charge in [0.15, 0.2) is 12.4 Å². The number of methoxy groups -OCH3 is 1. The molecule has 0 bridgehead atoms.